The van der Waals surface area contributed by atoms with E-state index in [9.17, 15) is 15.2 Å². The zero-order valence-electron chi connectivity index (χ0n) is 11.4. The fourth-order valence-corrected chi connectivity index (χ4v) is 2.00. The molecule has 0 fully saturated rings. The van der Waals surface area contributed by atoms with E-state index in [1.807, 2.05) is 6.92 Å². The van der Waals surface area contributed by atoms with Crippen LogP contribution in [0.1, 0.15) is 26.7 Å². The van der Waals surface area contributed by atoms with Crippen LogP contribution in [0.25, 0.3) is 11.1 Å². The minimum Gasteiger partial charge on any atom is -0.423 e. The highest BCUT2D eigenvalue weighted by molar-refractivity contribution is 5.77. The van der Waals surface area contributed by atoms with E-state index in [0.717, 1.165) is 6.42 Å². The molecule has 0 saturated heterocycles. The van der Waals surface area contributed by atoms with E-state index in [1.54, 1.807) is 6.92 Å². The van der Waals surface area contributed by atoms with E-state index in [2.05, 4.69) is 10.3 Å². The Morgan fingerprint density at radius 2 is 2.30 bits per heavy atom. The first kappa shape index (κ1) is 14.3. The van der Waals surface area contributed by atoms with E-state index >= 15 is 0 Å². The smallest absolute Gasteiger partial charge is 0.295 e. The number of fused-ring (bicyclic) bond motifs is 1. The van der Waals surface area contributed by atoms with Gasteiger partial charge in [0.2, 0.25) is 0 Å². The summed E-state index contributed by atoms with van der Waals surface area (Å²) in [5.41, 5.74) is -0.00949. The minimum absolute atomic E-state index is 0.0434. The van der Waals surface area contributed by atoms with E-state index in [0.29, 0.717) is 24.1 Å². The van der Waals surface area contributed by atoms with E-state index in [4.69, 9.17) is 4.42 Å². The second kappa shape index (κ2) is 5.46. The number of nitrogens with one attached hydrogen (secondary N) is 1. The molecule has 1 aromatic carbocycles. The summed E-state index contributed by atoms with van der Waals surface area (Å²) in [5.74, 6) is 0. The van der Waals surface area contributed by atoms with Gasteiger partial charge in [-0.3, -0.25) is 10.1 Å². The molecule has 2 N–H and O–H groups in total. The number of non-ortho nitro benzene ring substituents is 1. The highest BCUT2D eigenvalue weighted by Gasteiger charge is 2.20. The molecule has 0 aliphatic heterocycles. The number of aromatic nitrogens is 1. The van der Waals surface area contributed by atoms with Gasteiger partial charge in [-0.2, -0.15) is 4.98 Å². The lowest BCUT2D eigenvalue weighted by Crippen LogP contribution is -2.33. The molecule has 0 radical (unpaired) electrons. The summed E-state index contributed by atoms with van der Waals surface area (Å²) in [5, 5.41) is 23.6. The number of hydrogen-bond donors (Lipinski definition) is 2. The number of aliphatic hydroxyl groups is 1. The highest BCUT2D eigenvalue weighted by atomic mass is 16.6. The summed E-state index contributed by atoms with van der Waals surface area (Å²) in [6.45, 7) is 4.03. The average molecular weight is 279 g/mol. The molecule has 1 atom stereocenters. The maximum atomic E-state index is 10.7. The lowest BCUT2D eigenvalue weighted by Gasteiger charge is -2.22. The summed E-state index contributed by atoms with van der Waals surface area (Å²) >= 11 is 0. The Hall–Kier alpha value is -2.15. The topological polar surface area (TPSA) is 101 Å². The number of hydrogen-bond acceptors (Lipinski definition) is 6. The highest BCUT2D eigenvalue weighted by Crippen LogP contribution is 2.24. The number of nitrogens with zero attached hydrogens (tertiary/aromatic N) is 2. The molecule has 7 heteroatoms. The number of benzene rings is 1. The molecule has 108 valence electrons. The van der Waals surface area contributed by atoms with E-state index in [-0.39, 0.29) is 11.7 Å². The third-order valence-corrected chi connectivity index (χ3v) is 2.99. The predicted molar refractivity (Wildman–Crippen MR) is 74.7 cm³/mol. The van der Waals surface area contributed by atoms with Gasteiger partial charge in [-0.1, -0.05) is 13.3 Å². The molecule has 0 amide bonds. The number of anilines is 1. The predicted octanol–water partition coefficient (Wildman–Crippen LogP) is 2.70. The van der Waals surface area contributed by atoms with Gasteiger partial charge in [-0.15, -0.1) is 0 Å². The molecule has 1 unspecified atom stereocenters. The van der Waals surface area contributed by atoms with Crippen molar-refractivity contribution in [2.24, 2.45) is 0 Å². The third kappa shape index (κ3) is 3.24. The molecule has 1 aromatic heterocycles. The van der Waals surface area contributed by atoms with Crippen LogP contribution in [0.3, 0.4) is 0 Å². The molecule has 7 nitrogen and oxygen atoms in total. The van der Waals surface area contributed by atoms with Crippen LogP contribution in [0.15, 0.2) is 22.6 Å². The monoisotopic (exact) mass is 279 g/mol. The number of oxazole rings is 1. The van der Waals surface area contributed by atoms with Crippen molar-refractivity contribution in [1.29, 1.82) is 0 Å². The SMILES string of the molecule is CCCC(C)(O)CNc1nc2ccc([N+](=O)[O-])cc2o1. The number of rotatable bonds is 6. The standard InChI is InChI=1S/C13H17N3O4/c1-3-6-13(2,17)8-14-12-15-10-5-4-9(16(18)19)7-11(10)20-12/h4-5,7,17H,3,6,8H2,1-2H3,(H,14,15). The summed E-state index contributed by atoms with van der Waals surface area (Å²) in [6, 6.07) is 4.49. The Morgan fingerprint density at radius 1 is 1.55 bits per heavy atom. The van der Waals surface area contributed by atoms with Crippen molar-refractivity contribution in [3.63, 3.8) is 0 Å². The first-order chi connectivity index (χ1) is 9.41. The number of nitro groups is 1. The van der Waals surface area contributed by atoms with Crippen molar-refractivity contribution in [1.82, 2.24) is 4.98 Å². The molecule has 0 aliphatic carbocycles. The molecular formula is C13H17N3O4. The van der Waals surface area contributed by atoms with Gasteiger partial charge >= 0.3 is 0 Å². The van der Waals surface area contributed by atoms with Crippen LogP contribution in [-0.4, -0.2) is 27.2 Å². The zero-order valence-corrected chi connectivity index (χ0v) is 11.4. The second-order valence-electron chi connectivity index (χ2n) is 5.03. The Morgan fingerprint density at radius 3 is 2.95 bits per heavy atom. The van der Waals surface area contributed by atoms with Gasteiger partial charge in [0.25, 0.3) is 11.7 Å². The fourth-order valence-electron chi connectivity index (χ4n) is 2.00. The first-order valence-corrected chi connectivity index (χ1v) is 6.42. The van der Waals surface area contributed by atoms with Crippen molar-refractivity contribution >= 4 is 22.8 Å². The molecular weight excluding hydrogens is 262 g/mol. The normalized spacial score (nSPS) is 14.2. The van der Waals surface area contributed by atoms with Gasteiger partial charge in [0.15, 0.2) is 5.58 Å². The van der Waals surface area contributed by atoms with Gasteiger partial charge in [0.05, 0.1) is 16.6 Å². The minimum atomic E-state index is -0.846. The average Bonchev–Trinajstić information content (AvgIpc) is 2.78. The van der Waals surface area contributed by atoms with Crippen molar-refractivity contribution in [3.05, 3.63) is 28.3 Å². The lowest BCUT2D eigenvalue weighted by molar-refractivity contribution is -0.384. The summed E-state index contributed by atoms with van der Waals surface area (Å²) in [6.07, 6.45) is 1.53. The lowest BCUT2D eigenvalue weighted by atomic mass is 10.0. The largest absolute Gasteiger partial charge is 0.423 e. The van der Waals surface area contributed by atoms with Gasteiger partial charge < -0.3 is 14.8 Å². The van der Waals surface area contributed by atoms with Crippen LogP contribution in [0, 0.1) is 10.1 Å². The van der Waals surface area contributed by atoms with Crippen LogP contribution in [-0.2, 0) is 0 Å². The van der Waals surface area contributed by atoms with E-state index in [1.165, 1.54) is 18.2 Å². The second-order valence-corrected chi connectivity index (χ2v) is 5.03. The molecule has 0 aliphatic rings. The summed E-state index contributed by atoms with van der Waals surface area (Å²) < 4.78 is 5.39. The van der Waals surface area contributed by atoms with Crippen LogP contribution in [0.5, 0.6) is 0 Å². The van der Waals surface area contributed by atoms with Crippen molar-refractivity contribution in [3.8, 4) is 0 Å². The van der Waals surface area contributed by atoms with Gasteiger partial charge in [0, 0.05) is 12.6 Å². The zero-order chi connectivity index (χ0) is 14.8. The molecule has 0 spiro atoms. The van der Waals surface area contributed by atoms with Gasteiger partial charge in [0.1, 0.15) is 5.52 Å². The first-order valence-electron chi connectivity index (χ1n) is 6.42. The molecule has 0 bridgehead atoms. The third-order valence-electron chi connectivity index (χ3n) is 2.99. The van der Waals surface area contributed by atoms with Crippen LogP contribution in [0.2, 0.25) is 0 Å². The number of nitro benzene ring substituents is 1. The van der Waals surface area contributed by atoms with Crippen molar-refractivity contribution in [2.75, 3.05) is 11.9 Å². The maximum absolute atomic E-state index is 10.7. The molecule has 2 aromatic rings. The Balaban J connectivity index is 2.14. The molecule has 1 heterocycles. The van der Waals surface area contributed by atoms with Gasteiger partial charge in [-0.05, 0) is 19.4 Å². The Labute approximate surface area is 115 Å². The van der Waals surface area contributed by atoms with Gasteiger partial charge in [-0.25, -0.2) is 0 Å². The molecule has 2 rings (SSSR count). The summed E-state index contributed by atoms with van der Waals surface area (Å²) in [4.78, 5) is 14.4. The molecule has 20 heavy (non-hydrogen) atoms. The summed E-state index contributed by atoms with van der Waals surface area (Å²) in [7, 11) is 0. The van der Waals surface area contributed by atoms with E-state index < -0.39 is 10.5 Å². The van der Waals surface area contributed by atoms with Crippen molar-refractivity contribution in [2.45, 2.75) is 32.3 Å². The Kier molecular flexibility index (Phi) is 3.89. The van der Waals surface area contributed by atoms with Crippen LogP contribution in [0.4, 0.5) is 11.7 Å². The molecule has 0 saturated carbocycles. The van der Waals surface area contributed by atoms with Crippen molar-refractivity contribution < 1.29 is 14.4 Å². The fraction of sp³-hybridized carbons (Fsp3) is 0.462. The van der Waals surface area contributed by atoms with Crippen LogP contribution >= 0.6 is 0 Å². The Bertz CT molecular complexity index is 621. The van der Waals surface area contributed by atoms with Crippen LogP contribution < -0.4 is 5.32 Å². The maximum Gasteiger partial charge on any atom is 0.295 e. The quantitative estimate of drug-likeness (QED) is 0.622.